The molecule has 0 aliphatic heterocycles. The molecule has 0 radical (unpaired) electrons. The van der Waals surface area contributed by atoms with Crippen molar-refractivity contribution >= 4 is 0 Å². The molecule has 0 saturated carbocycles. The molecule has 1 rings (SSSR count). The lowest BCUT2D eigenvalue weighted by Gasteiger charge is -2.13. The van der Waals surface area contributed by atoms with Crippen molar-refractivity contribution in [3.8, 4) is 0 Å². The SMILES string of the molecule is CC[C@H](N)c1cc(F)ccc1CO. The summed E-state index contributed by atoms with van der Waals surface area (Å²) in [5.74, 6) is -0.309. The van der Waals surface area contributed by atoms with Gasteiger partial charge in [0.2, 0.25) is 0 Å². The number of hydrogen-bond acceptors (Lipinski definition) is 2. The Balaban J connectivity index is 3.07. The van der Waals surface area contributed by atoms with Gasteiger partial charge in [-0.25, -0.2) is 4.39 Å². The molecule has 0 aromatic heterocycles. The zero-order valence-electron chi connectivity index (χ0n) is 7.63. The highest BCUT2D eigenvalue weighted by atomic mass is 19.1. The maximum absolute atomic E-state index is 12.8. The smallest absolute Gasteiger partial charge is 0.123 e. The Hall–Kier alpha value is -0.930. The average Bonchev–Trinajstić information content (AvgIpc) is 2.16. The zero-order chi connectivity index (χ0) is 9.84. The fourth-order valence-electron chi connectivity index (χ4n) is 1.27. The molecule has 0 bridgehead atoms. The minimum Gasteiger partial charge on any atom is -0.392 e. The minimum absolute atomic E-state index is 0.0939. The van der Waals surface area contributed by atoms with E-state index in [1.807, 2.05) is 6.92 Å². The van der Waals surface area contributed by atoms with Crippen molar-refractivity contribution < 1.29 is 9.50 Å². The quantitative estimate of drug-likeness (QED) is 0.749. The predicted octanol–water partition coefficient (Wildman–Crippen LogP) is 1.73. The van der Waals surface area contributed by atoms with Crippen LogP contribution in [0.5, 0.6) is 0 Å². The monoisotopic (exact) mass is 183 g/mol. The summed E-state index contributed by atoms with van der Waals surface area (Å²) in [6.45, 7) is 1.83. The van der Waals surface area contributed by atoms with Crippen LogP contribution in [0.15, 0.2) is 18.2 Å². The lowest BCUT2D eigenvalue weighted by Crippen LogP contribution is -2.11. The van der Waals surface area contributed by atoms with Crippen LogP contribution in [0.1, 0.15) is 30.5 Å². The molecule has 13 heavy (non-hydrogen) atoms. The van der Waals surface area contributed by atoms with Crippen molar-refractivity contribution in [1.82, 2.24) is 0 Å². The third-order valence-electron chi connectivity index (χ3n) is 2.12. The fraction of sp³-hybridized carbons (Fsp3) is 0.400. The topological polar surface area (TPSA) is 46.2 Å². The van der Waals surface area contributed by atoms with Crippen molar-refractivity contribution in [3.63, 3.8) is 0 Å². The zero-order valence-corrected chi connectivity index (χ0v) is 7.63. The number of hydrogen-bond donors (Lipinski definition) is 2. The second-order valence-electron chi connectivity index (χ2n) is 3.02. The predicted molar refractivity (Wildman–Crippen MR) is 49.5 cm³/mol. The molecule has 1 atom stereocenters. The normalized spacial score (nSPS) is 12.9. The summed E-state index contributed by atoms with van der Waals surface area (Å²) in [6, 6.07) is 4.09. The van der Waals surface area contributed by atoms with Crippen molar-refractivity contribution in [2.75, 3.05) is 0 Å². The van der Waals surface area contributed by atoms with E-state index < -0.39 is 0 Å². The van der Waals surface area contributed by atoms with Crippen LogP contribution in [0, 0.1) is 5.82 Å². The van der Waals surface area contributed by atoms with Gasteiger partial charge in [-0.1, -0.05) is 13.0 Å². The second kappa shape index (κ2) is 4.35. The summed E-state index contributed by atoms with van der Waals surface area (Å²) in [5.41, 5.74) is 7.17. The maximum atomic E-state index is 12.8. The Morgan fingerprint density at radius 2 is 2.23 bits per heavy atom. The summed E-state index contributed by atoms with van der Waals surface area (Å²) < 4.78 is 12.8. The number of aliphatic hydroxyl groups is 1. The minimum atomic E-state index is -0.309. The third kappa shape index (κ3) is 2.26. The van der Waals surface area contributed by atoms with E-state index in [4.69, 9.17) is 10.8 Å². The largest absolute Gasteiger partial charge is 0.392 e. The molecule has 0 heterocycles. The van der Waals surface area contributed by atoms with Gasteiger partial charge < -0.3 is 10.8 Å². The van der Waals surface area contributed by atoms with E-state index in [0.29, 0.717) is 11.1 Å². The van der Waals surface area contributed by atoms with Crippen LogP contribution in [0.4, 0.5) is 4.39 Å². The molecule has 0 aliphatic carbocycles. The number of rotatable bonds is 3. The Bertz CT molecular complexity index is 288. The van der Waals surface area contributed by atoms with Gasteiger partial charge in [0.05, 0.1) is 6.61 Å². The van der Waals surface area contributed by atoms with Gasteiger partial charge in [0.15, 0.2) is 0 Å². The molecule has 3 N–H and O–H groups in total. The van der Waals surface area contributed by atoms with Crippen LogP contribution in [0.3, 0.4) is 0 Å². The highest BCUT2D eigenvalue weighted by molar-refractivity contribution is 5.29. The van der Waals surface area contributed by atoms with Crippen LogP contribution in [0.25, 0.3) is 0 Å². The van der Waals surface area contributed by atoms with Gasteiger partial charge in [-0.05, 0) is 29.7 Å². The number of aliphatic hydroxyl groups excluding tert-OH is 1. The molecule has 72 valence electrons. The number of halogens is 1. The van der Waals surface area contributed by atoms with E-state index in [1.54, 1.807) is 6.07 Å². The molecule has 3 heteroatoms. The van der Waals surface area contributed by atoms with Crippen molar-refractivity contribution in [3.05, 3.63) is 35.1 Å². The Labute approximate surface area is 77.2 Å². The molecular formula is C10H14FNO. The molecule has 0 spiro atoms. The molecular weight excluding hydrogens is 169 g/mol. The van der Waals surface area contributed by atoms with E-state index >= 15 is 0 Å². The third-order valence-corrected chi connectivity index (χ3v) is 2.12. The summed E-state index contributed by atoms with van der Waals surface area (Å²) >= 11 is 0. The highest BCUT2D eigenvalue weighted by Crippen LogP contribution is 2.19. The van der Waals surface area contributed by atoms with Crippen LogP contribution < -0.4 is 5.73 Å². The van der Waals surface area contributed by atoms with Crippen LogP contribution in [-0.4, -0.2) is 5.11 Å². The highest BCUT2D eigenvalue weighted by Gasteiger charge is 2.09. The van der Waals surface area contributed by atoms with Gasteiger partial charge in [0.1, 0.15) is 5.82 Å². The van der Waals surface area contributed by atoms with Gasteiger partial charge in [-0.15, -0.1) is 0 Å². The van der Waals surface area contributed by atoms with E-state index in [0.717, 1.165) is 6.42 Å². The van der Waals surface area contributed by atoms with Gasteiger partial charge >= 0.3 is 0 Å². The molecule has 0 saturated heterocycles. The lowest BCUT2D eigenvalue weighted by atomic mass is 9.99. The van der Waals surface area contributed by atoms with Crippen molar-refractivity contribution in [2.45, 2.75) is 26.0 Å². The van der Waals surface area contributed by atoms with E-state index in [2.05, 4.69) is 0 Å². The first kappa shape index (κ1) is 10.2. The molecule has 2 nitrogen and oxygen atoms in total. The van der Waals surface area contributed by atoms with E-state index in [9.17, 15) is 4.39 Å². The molecule has 0 aliphatic rings. The Kier molecular flexibility index (Phi) is 3.39. The molecule has 1 aromatic rings. The van der Waals surface area contributed by atoms with Gasteiger partial charge in [-0.3, -0.25) is 0 Å². The van der Waals surface area contributed by atoms with E-state index in [-0.39, 0.29) is 18.5 Å². The Morgan fingerprint density at radius 3 is 2.77 bits per heavy atom. The summed E-state index contributed by atoms with van der Waals surface area (Å²) in [4.78, 5) is 0. The number of benzene rings is 1. The molecule has 0 amide bonds. The Morgan fingerprint density at radius 1 is 1.54 bits per heavy atom. The first-order valence-corrected chi connectivity index (χ1v) is 4.33. The van der Waals surface area contributed by atoms with Crippen LogP contribution in [0.2, 0.25) is 0 Å². The van der Waals surface area contributed by atoms with Crippen molar-refractivity contribution in [2.24, 2.45) is 5.73 Å². The van der Waals surface area contributed by atoms with Crippen molar-refractivity contribution in [1.29, 1.82) is 0 Å². The van der Waals surface area contributed by atoms with Crippen LogP contribution in [-0.2, 0) is 6.61 Å². The van der Waals surface area contributed by atoms with Crippen LogP contribution >= 0.6 is 0 Å². The number of nitrogens with two attached hydrogens (primary N) is 1. The average molecular weight is 183 g/mol. The summed E-state index contributed by atoms with van der Waals surface area (Å²) in [6.07, 6.45) is 0.733. The summed E-state index contributed by atoms with van der Waals surface area (Å²) in [5, 5.41) is 8.98. The lowest BCUT2D eigenvalue weighted by molar-refractivity contribution is 0.279. The van der Waals surface area contributed by atoms with E-state index in [1.165, 1.54) is 12.1 Å². The first-order valence-electron chi connectivity index (χ1n) is 4.33. The summed E-state index contributed by atoms with van der Waals surface area (Å²) in [7, 11) is 0. The van der Waals surface area contributed by atoms with Gasteiger partial charge in [0, 0.05) is 6.04 Å². The van der Waals surface area contributed by atoms with Gasteiger partial charge in [-0.2, -0.15) is 0 Å². The second-order valence-corrected chi connectivity index (χ2v) is 3.02. The standard InChI is InChI=1S/C10H14FNO/c1-2-10(12)9-5-8(11)4-3-7(9)6-13/h3-5,10,13H,2,6,12H2,1H3/t10-/m0/s1. The molecule has 1 aromatic carbocycles. The fourth-order valence-corrected chi connectivity index (χ4v) is 1.27. The maximum Gasteiger partial charge on any atom is 0.123 e. The molecule has 0 unspecified atom stereocenters. The first-order chi connectivity index (χ1) is 6.19. The molecule has 0 fully saturated rings. The van der Waals surface area contributed by atoms with Gasteiger partial charge in [0.25, 0.3) is 0 Å².